The summed E-state index contributed by atoms with van der Waals surface area (Å²) in [6.07, 6.45) is 1.30. The lowest BCUT2D eigenvalue weighted by Gasteiger charge is -2.01. The molecule has 0 amide bonds. The Labute approximate surface area is 125 Å². The summed E-state index contributed by atoms with van der Waals surface area (Å²) in [5.74, 6) is -1.80. The lowest BCUT2D eigenvalue weighted by Crippen LogP contribution is -2.10. The van der Waals surface area contributed by atoms with E-state index in [1.807, 2.05) is 30.3 Å². The van der Waals surface area contributed by atoms with Crippen molar-refractivity contribution in [2.45, 2.75) is 0 Å². The van der Waals surface area contributed by atoms with Crippen molar-refractivity contribution in [3.8, 4) is 0 Å². The summed E-state index contributed by atoms with van der Waals surface area (Å²) in [5, 5.41) is 2.48. The van der Waals surface area contributed by atoms with Crippen molar-refractivity contribution in [1.29, 1.82) is 0 Å². The van der Waals surface area contributed by atoms with Crippen LogP contribution in [0, 0.1) is 11.6 Å². The number of aliphatic imine (C=N–C) groups is 2. The van der Waals surface area contributed by atoms with E-state index >= 15 is 0 Å². The van der Waals surface area contributed by atoms with Crippen molar-refractivity contribution in [3.05, 3.63) is 59.1 Å². The van der Waals surface area contributed by atoms with Crippen molar-refractivity contribution < 1.29 is 8.78 Å². The SMILES string of the molecule is NC(N=CNc1ccccc1)=Nc1cc(F)cc(Cl)c1F. The first kappa shape index (κ1) is 14.9. The largest absolute Gasteiger partial charge is 0.368 e. The fourth-order valence-electron chi connectivity index (χ4n) is 1.48. The third-order valence-electron chi connectivity index (χ3n) is 2.41. The predicted molar refractivity (Wildman–Crippen MR) is 81.2 cm³/mol. The molecule has 0 saturated carbocycles. The molecule has 7 heteroatoms. The van der Waals surface area contributed by atoms with Crippen LogP contribution in [-0.2, 0) is 0 Å². The average Bonchev–Trinajstić information content (AvgIpc) is 2.45. The highest BCUT2D eigenvalue weighted by Crippen LogP contribution is 2.26. The number of para-hydroxylation sites is 1. The fraction of sp³-hybridized carbons (Fsp3) is 0. The zero-order chi connectivity index (χ0) is 15.2. The Kier molecular flexibility index (Phi) is 4.84. The van der Waals surface area contributed by atoms with Gasteiger partial charge in [0.1, 0.15) is 11.5 Å². The molecule has 0 atom stereocenters. The number of guanidine groups is 1. The zero-order valence-corrected chi connectivity index (χ0v) is 11.5. The molecule has 2 rings (SSSR count). The van der Waals surface area contributed by atoms with Gasteiger partial charge in [0.05, 0.1) is 11.4 Å². The molecule has 3 N–H and O–H groups in total. The molecule has 4 nitrogen and oxygen atoms in total. The molecule has 0 aliphatic heterocycles. The number of rotatable bonds is 3. The van der Waals surface area contributed by atoms with Crippen LogP contribution in [0.5, 0.6) is 0 Å². The van der Waals surface area contributed by atoms with E-state index in [1.54, 1.807) is 0 Å². The summed E-state index contributed by atoms with van der Waals surface area (Å²) < 4.78 is 26.7. The number of nitrogens with two attached hydrogens (primary N) is 1. The van der Waals surface area contributed by atoms with E-state index in [0.29, 0.717) is 0 Å². The lowest BCUT2D eigenvalue weighted by atomic mass is 10.3. The number of anilines is 1. The van der Waals surface area contributed by atoms with Gasteiger partial charge in [-0.3, -0.25) is 0 Å². The van der Waals surface area contributed by atoms with Crippen LogP contribution in [0.3, 0.4) is 0 Å². The van der Waals surface area contributed by atoms with Crippen molar-refractivity contribution in [2.75, 3.05) is 5.32 Å². The van der Waals surface area contributed by atoms with Gasteiger partial charge in [0.25, 0.3) is 0 Å². The summed E-state index contributed by atoms with van der Waals surface area (Å²) in [5.41, 5.74) is 6.01. The quantitative estimate of drug-likeness (QED) is 0.516. The molecular weight excluding hydrogens is 298 g/mol. The van der Waals surface area contributed by atoms with E-state index in [9.17, 15) is 8.78 Å². The van der Waals surface area contributed by atoms with Crippen molar-refractivity contribution in [2.24, 2.45) is 15.7 Å². The second-order valence-electron chi connectivity index (χ2n) is 3.96. The van der Waals surface area contributed by atoms with E-state index < -0.39 is 11.6 Å². The summed E-state index contributed by atoms with van der Waals surface area (Å²) in [7, 11) is 0. The third kappa shape index (κ3) is 4.25. The Bertz CT molecular complexity index is 687. The molecule has 0 spiro atoms. The summed E-state index contributed by atoms with van der Waals surface area (Å²) >= 11 is 5.51. The van der Waals surface area contributed by atoms with Gasteiger partial charge in [-0.05, 0) is 18.2 Å². The maximum absolute atomic E-state index is 13.6. The molecule has 2 aromatic rings. The summed E-state index contributed by atoms with van der Waals surface area (Å²) in [6.45, 7) is 0. The normalized spacial score (nSPS) is 11.9. The van der Waals surface area contributed by atoms with E-state index in [0.717, 1.165) is 17.8 Å². The molecule has 0 radical (unpaired) electrons. The highest BCUT2D eigenvalue weighted by atomic mass is 35.5. The van der Waals surface area contributed by atoms with Crippen LogP contribution in [0.2, 0.25) is 5.02 Å². The number of hydrogen-bond acceptors (Lipinski definition) is 1. The van der Waals surface area contributed by atoms with Gasteiger partial charge in [0, 0.05) is 11.8 Å². The molecule has 0 aliphatic carbocycles. The molecule has 0 fully saturated rings. The Morgan fingerprint density at radius 1 is 1.19 bits per heavy atom. The Hall–Kier alpha value is -2.47. The molecule has 21 heavy (non-hydrogen) atoms. The van der Waals surface area contributed by atoms with Gasteiger partial charge < -0.3 is 11.1 Å². The minimum Gasteiger partial charge on any atom is -0.368 e. The van der Waals surface area contributed by atoms with Crippen molar-refractivity contribution in [3.63, 3.8) is 0 Å². The number of benzene rings is 2. The minimum absolute atomic E-state index is 0.237. The minimum atomic E-state index is -0.854. The van der Waals surface area contributed by atoms with Gasteiger partial charge in [-0.25, -0.2) is 18.8 Å². The molecule has 0 heterocycles. The molecule has 0 bridgehead atoms. The molecule has 0 aromatic heterocycles. The molecule has 2 aromatic carbocycles. The summed E-state index contributed by atoms with van der Waals surface area (Å²) in [4.78, 5) is 7.44. The lowest BCUT2D eigenvalue weighted by molar-refractivity contribution is 0.602. The topological polar surface area (TPSA) is 62.8 Å². The monoisotopic (exact) mass is 308 g/mol. The highest BCUT2D eigenvalue weighted by Gasteiger charge is 2.09. The molecule has 0 aliphatic rings. The molecule has 0 unspecified atom stereocenters. The first-order chi connectivity index (χ1) is 10.1. The zero-order valence-electron chi connectivity index (χ0n) is 10.7. The first-order valence-electron chi connectivity index (χ1n) is 5.89. The van der Waals surface area contributed by atoms with Crippen LogP contribution >= 0.6 is 11.6 Å². The predicted octanol–water partition coefficient (Wildman–Crippen LogP) is 3.70. The Morgan fingerprint density at radius 3 is 2.62 bits per heavy atom. The maximum atomic E-state index is 13.6. The molecule has 108 valence electrons. The fourth-order valence-corrected chi connectivity index (χ4v) is 1.68. The Balaban J connectivity index is 2.11. The van der Waals surface area contributed by atoms with Crippen LogP contribution in [0.25, 0.3) is 0 Å². The van der Waals surface area contributed by atoms with Crippen LogP contribution in [-0.4, -0.2) is 12.3 Å². The number of nitrogens with one attached hydrogen (secondary N) is 1. The van der Waals surface area contributed by atoms with Gasteiger partial charge in [0.15, 0.2) is 5.82 Å². The Morgan fingerprint density at radius 2 is 1.90 bits per heavy atom. The second-order valence-corrected chi connectivity index (χ2v) is 4.37. The number of halogens is 3. The second kappa shape index (κ2) is 6.81. The molecular formula is C14H11ClF2N4. The maximum Gasteiger partial charge on any atom is 0.222 e. The number of nitrogens with zero attached hydrogens (tertiary/aromatic N) is 2. The first-order valence-corrected chi connectivity index (χ1v) is 6.27. The van der Waals surface area contributed by atoms with Crippen LogP contribution in [0.4, 0.5) is 20.2 Å². The van der Waals surface area contributed by atoms with Gasteiger partial charge in [0.2, 0.25) is 5.96 Å². The molecule has 0 saturated heterocycles. The third-order valence-corrected chi connectivity index (χ3v) is 2.69. The highest BCUT2D eigenvalue weighted by molar-refractivity contribution is 6.31. The van der Waals surface area contributed by atoms with Gasteiger partial charge in [-0.1, -0.05) is 29.8 Å². The van der Waals surface area contributed by atoms with Crippen molar-refractivity contribution in [1.82, 2.24) is 0 Å². The number of hydrogen-bond donors (Lipinski definition) is 2. The van der Waals surface area contributed by atoms with E-state index in [4.69, 9.17) is 17.3 Å². The van der Waals surface area contributed by atoms with E-state index in [-0.39, 0.29) is 16.7 Å². The van der Waals surface area contributed by atoms with Crippen molar-refractivity contribution >= 4 is 35.3 Å². The van der Waals surface area contributed by atoms with Gasteiger partial charge in [-0.15, -0.1) is 0 Å². The average molecular weight is 309 g/mol. The van der Waals surface area contributed by atoms with E-state index in [1.165, 1.54) is 6.34 Å². The van der Waals surface area contributed by atoms with Crippen LogP contribution in [0.1, 0.15) is 0 Å². The van der Waals surface area contributed by atoms with Crippen LogP contribution < -0.4 is 11.1 Å². The standard InChI is InChI=1S/C14H11ClF2N4/c15-11-6-9(16)7-12(13(11)17)21-14(18)20-8-19-10-4-2-1-3-5-10/h1-8H,(H3,18,19,20,21). The van der Waals surface area contributed by atoms with Crippen LogP contribution in [0.15, 0.2) is 52.4 Å². The van der Waals surface area contributed by atoms with Gasteiger partial charge >= 0.3 is 0 Å². The summed E-state index contributed by atoms with van der Waals surface area (Å²) in [6, 6.07) is 10.9. The smallest absolute Gasteiger partial charge is 0.222 e. The van der Waals surface area contributed by atoms with Gasteiger partial charge in [-0.2, -0.15) is 0 Å². The van der Waals surface area contributed by atoms with E-state index in [2.05, 4.69) is 15.3 Å².